The first-order valence-electron chi connectivity index (χ1n) is 6.74. The van der Waals surface area contributed by atoms with E-state index in [1.54, 1.807) is 0 Å². The van der Waals surface area contributed by atoms with E-state index in [1.165, 1.54) is 0 Å². The van der Waals surface area contributed by atoms with Crippen molar-refractivity contribution in [3.63, 3.8) is 0 Å². The molecule has 0 aliphatic rings. The SMILES string of the molecule is CCCn1ccnc1C(NN)C(C)(CC)OCC. The molecule has 0 fully saturated rings. The summed E-state index contributed by atoms with van der Waals surface area (Å²) in [6.45, 7) is 9.94. The van der Waals surface area contributed by atoms with Gasteiger partial charge in [-0.2, -0.15) is 0 Å². The average Bonchev–Trinajstić information content (AvgIpc) is 2.79. The standard InChI is InChI=1S/C13H26N4O/c1-5-9-17-10-8-15-12(17)11(16-14)13(4,6-2)18-7-3/h8,10-11,16H,5-7,9,14H2,1-4H3. The van der Waals surface area contributed by atoms with Crippen LogP contribution in [0.5, 0.6) is 0 Å². The highest BCUT2D eigenvalue weighted by Crippen LogP contribution is 2.30. The van der Waals surface area contributed by atoms with E-state index in [1.807, 2.05) is 19.3 Å². The van der Waals surface area contributed by atoms with Gasteiger partial charge < -0.3 is 9.30 Å². The maximum Gasteiger partial charge on any atom is 0.130 e. The van der Waals surface area contributed by atoms with Gasteiger partial charge in [0.1, 0.15) is 11.9 Å². The van der Waals surface area contributed by atoms with Crippen molar-refractivity contribution in [2.45, 2.75) is 58.7 Å². The third-order valence-corrected chi connectivity index (χ3v) is 3.42. The van der Waals surface area contributed by atoms with Gasteiger partial charge in [-0.05, 0) is 26.7 Å². The fourth-order valence-corrected chi connectivity index (χ4v) is 2.25. The van der Waals surface area contributed by atoms with Gasteiger partial charge in [0.25, 0.3) is 0 Å². The van der Waals surface area contributed by atoms with Gasteiger partial charge in [-0.3, -0.25) is 5.84 Å². The summed E-state index contributed by atoms with van der Waals surface area (Å²) in [6, 6.07) is -0.107. The van der Waals surface area contributed by atoms with Crippen LogP contribution in [0.4, 0.5) is 0 Å². The zero-order chi connectivity index (χ0) is 13.6. The summed E-state index contributed by atoms with van der Waals surface area (Å²) in [4.78, 5) is 4.44. The molecule has 3 N–H and O–H groups in total. The number of hydrogen-bond donors (Lipinski definition) is 2. The highest BCUT2D eigenvalue weighted by molar-refractivity contribution is 5.06. The number of hydrazine groups is 1. The molecular weight excluding hydrogens is 228 g/mol. The Hall–Kier alpha value is -0.910. The number of aromatic nitrogens is 2. The second kappa shape index (κ2) is 6.87. The Bertz CT molecular complexity index is 353. The van der Waals surface area contributed by atoms with Crippen LogP contribution in [0.3, 0.4) is 0 Å². The van der Waals surface area contributed by atoms with Gasteiger partial charge in [-0.15, -0.1) is 0 Å². The van der Waals surface area contributed by atoms with Crippen molar-refractivity contribution < 1.29 is 4.74 Å². The third-order valence-electron chi connectivity index (χ3n) is 3.42. The van der Waals surface area contributed by atoms with Crippen molar-refractivity contribution >= 4 is 0 Å². The maximum atomic E-state index is 5.89. The lowest BCUT2D eigenvalue weighted by Gasteiger charge is -2.36. The van der Waals surface area contributed by atoms with Crippen molar-refractivity contribution in [3.8, 4) is 0 Å². The zero-order valence-corrected chi connectivity index (χ0v) is 11.9. The van der Waals surface area contributed by atoms with E-state index in [0.29, 0.717) is 6.61 Å². The van der Waals surface area contributed by atoms with E-state index in [2.05, 4.69) is 35.7 Å². The lowest BCUT2D eigenvalue weighted by molar-refractivity contribution is -0.0591. The molecule has 0 saturated carbocycles. The van der Waals surface area contributed by atoms with Crippen molar-refractivity contribution in [3.05, 3.63) is 18.2 Å². The van der Waals surface area contributed by atoms with E-state index < -0.39 is 0 Å². The van der Waals surface area contributed by atoms with Crippen LogP contribution < -0.4 is 11.3 Å². The van der Waals surface area contributed by atoms with Gasteiger partial charge in [-0.25, -0.2) is 10.4 Å². The number of nitrogens with two attached hydrogens (primary N) is 1. The number of ether oxygens (including phenoxy) is 1. The van der Waals surface area contributed by atoms with Crippen molar-refractivity contribution in [1.82, 2.24) is 15.0 Å². The van der Waals surface area contributed by atoms with E-state index in [0.717, 1.165) is 25.2 Å². The van der Waals surface area contributed by atoms with E-state index in [-0.39, 0.29) is 11.6 Å². The van der Waals surface area contributed by atoms with Gasteiger partial charge in [0.05, 0.1) is 5.60 Å². The smallest absolute Gasteiger partial charge is 0.130 e. The van der Waals surface area contributed by atoms with E-state index in [9.17, 15) is 0 Å². The molecule has 0 amide bonds. The molecule has 104 valence electrons. The predicted molar refractivity (Wildman–Crippen MR) is 72.9 cm³/mol. The highest BCUT2D eigenvalue weighted by atomic mass is 16.5. The Morgan fingerprint density at radius 1 is 1.50 bits per heavy atom. The van der Waals surface area contributed by atoms with Crippen LogP contribution in [0.15, 0.2) is 12.4 Å². The Kier molecular flexibility index (Phi) is 5.78. The molecule has 0 aromatic carbocycles. The summed E-state index contributed by atoms with van der Waals surface area (Å²) < 4.78 is 8.03. The summed E-state index contributed by atoms with van der Waals surface area (Å²) in [5.41, 5.74) is 2.52. The van der Waals surface area contributed by atoms with Crippen LogP contribution in [-0.2, 0) is 11.3 Å². The molecule has 0 aliphatic carbocycles. The molecule has 0 spiro atoms. The minimum Gasteiger partial charge on any atom is -0.373 e. The molecule has 0 aliphatic heterocycles. The quantitative estimate of drug-likeness (QED) is 0.550. The highest BCUT2D eigenvalue weighted by Gasteiger charge is 2.36. The Balaban J connectivity index is 3.03. The number of rotatable bonds is 8. The summed E-state index contributed by atoms with van der Waals surface area (Å²) in [6.07, 6.45) is 5.75. The van der Waals surface area contributed by atoms with Crippen molar-refractivity contribution in [2.75, 3.05) is 6.61 Å². The predicted octanol–water partition coefficient (Wildman–Crippen LogP) is 2.00. The van der Waals surface area contributed by atoms with Crippen LogP contribution >= 0.6 is 0 Å². The van der Waals surface area contributed by atoms with E-state index >= 15 is 0 Å². The number of nitrogens with zero attached hydrogens (tertiary/aromatic N) is 2. The van der Waals surface area contributed by atoms with Gasteiger partial charge in [0, 0.05) is 25.5 Å². The van der Waals surface area contributed by atoms with Crippen LogP contribution in [-0.4, -0.2) is 21.8 Å². The summed E-state index contributed by atoms with van der Waals surface area (Å²) in [5.74, 6) is 6.68. The molecule has 5 nitrogen and oxygen atoms in total. The van der Waals surface area contributed by atoms with Crippen molar-refractivity contribution in [2.24, 2.45) is 5.84 Å². The van der Waals surface area contributed by atoms with Gasteiger partial charge in [0.2, 0.25) is 0 Å². The molecule has 0 saturated heterocycles. The number of aryl methyl sites for hydroxylation is 1. The summed E-state index contributed by atoms with van der Waals surface area (Å²) >= 11 is 0. The number of nitrogens with one attached hydrogen (secondary N) is 1. The van der Waals surface area contributed by atoms with Crippen LogP contribution in [0.2, 0.25) is 0 Å². The first kappa shape index (κ1) is 15.1. The van der Waals surface area contributed by atoms with Gasteiger partial charge in [-0.1, -0.05) is 13.8 Å². The molecule has 2 atom stereocenters. The molecule has 0 bridgehead atoms. The van der Waals surface area contributed by atoms with Gasteiger partial charge >= 0.3 is 0 Å². The van der Waals surface area contributed by atoms with Crippen molar-refractivity contribution in [1.29, 1.82) is 0 Å². The molecule has 1 aromatic rings. The minimum absolute atomic E-state index is 0.107. The Morgan fingerprint density at radius 2 is 2.22 bits per heavy atom. The molecule has 1 rings (SSSR count). The lowest BCUT2D eigenvalue weighted by Crippen LogP contribution is -2.47. The second-order valence-electron chi connectivity index (χ2n) is 4.68. The monoisotopic (exact) mass is 254 g/mol. The molecule has 5 heteroatoms. The second-order valence-corrected chi connectivity index (χ2v) is 4.68. The average molecular weight is 254 g/mol. The van der Waals surface area contributed by atoms with Gasteiger partial charge in [0.15, 0.2) is 0 Å². The minimum atomic E-state index is -0.347. The lowest BCUT2D eigenvalue weighted by atomic mass is 9.92. The Labute approximate surface area is 110 Å². The number of imidazole rings is 1. The topological polar surface area (TPSA) is 65.1 Å². The molecule has 0 radical (unpaired) electrons. The summed E-state index contributed by atoms with van der Waals surface area (Å²) in [7, 11) is 0. The maximum absolute atomic E-state index is 5.89. The largest absolute Gasteiger partial charge is 0.373 e. The Morgan fingerprint density at radius 3 is 2.72 bits per heavy atom. The first-order valence-corrected chi connectivity index (χ1v) is 6.74. The van der Waals surface area contributed by atoms with Crippen LogP contribution in [0.1, 0.15) is 52.4 Å². The molecule has 2 unspecified atom stereocenters. The number of hydrogen-bond acceptors (Lipinski definition) is 4. The normalized spacial score (nSPS) is 16.5. The fraction of sp³-hybridized carbons (Fsp3) is 0.769. The van der Waals surface area contributed by atoms with Crippen LogP contribution in [0, 0.1) is 0 Å². The zero-order valence-electron chi connectivity index (χ0n) is 11.9. The molecule has 1 heterocycles. The van der Waals surface area contributed by atoms with Crippen LogP contribution in [0.25, 0.3) is 0 Å². The molecule has 18 heavy (non-hydrogen) atoms. The third kappa shape index (κ3) is 3.10. The molecule has 1 aromatic heterocycles. The molecular formula is C13H26N4O. The summed E-state index contributed by atoms with van der Waals surface area (Å²) in [5, 5.41) is 0. The van der Waals surface area contributed by atoms with E-state index in [4.69, 9.17) is 10.6 Å². The fourth-order valence-electron chi connectivity index (χ4n) is 2.25. The first-order chi connectivity index (χ1) is 8.62.